The summed E-state index contributed by atoms with van der Waals surface area (Å²) in [6, 6.07) is 6.67. The molecule has 0 spiro atoms. The summed E-state index contributed by atoms with van der Waals surface area (Å²) in [5, 5.41) is 0.859. The Balaban J connectivity index is 1.49. The maximum Gasteiger partial charge on any atom is 0.336 e. The van der Waals surface area contributed by atoms with Crippen LogP contribution in [0.4, 0.5) is 0 Å². The Morgan fingerprint density at radius 2 is 2.13 bits per heavy atom. The molecular formula is C19H20O4. The van der Waals surface area contributed by atoms with Gasteiger partial charge in [-0.15, -0.1) is 0 Å². The van der Waals surface area contributed by atoms with E-state index in [1.165, 1.54) is 31.7 Å². The number of carbonyl (C=O) groups excluding carboxylic acids is 1. The molecule has 1 aromatic heterocycles. The number of carbonyl (C=O) groups is 1. The van der Waals surface area contributed by atoms with E-state index in [2.05, 4.69) is 0 Å². The lowest BCUT2D eigenvalue weighted by molar-refractivity contribution is -0.135. The maximum atomic E-state index is 12.2. The van der Waals surface area contributed by atoms with E-state index < -0.39 is 0 Å². The summed E-state index contributed by atoms with van der Waals surface area (Å²) in [6.45, 7) is 1.86. The molecule has 2 bridgehead atoms. The summed E-state index contributed by atoms with van der Waals surface area (Å²) >= 11 is 0. The van der Waals surface area contributed by atoms with Crippen molar-refractivity contribution in [3.63, 3.8) is 0 Å². The molecule has 2 fully saturated rings. The second-order valence-corrected chi connectivity index (χ2v) is 7.02. The molecule has 0 aliphatic heterocycles. The van der Waals surface area contributed by atoms with E-state index in [1.54, 1.807) is 12.1 Å². The van der Waals surface area contributed by atoms with Crippen LogP contribution in [-0.2, 0) is 4.79 Å². The van der Waals surface area contributed by atoms with Crippen molar-refractivity contribution in [2.24, 2.45) is 17.8 Å². The SMILES string of the molecule is Cc1cc(=O)oc2cc(OC(=O)C[C@H]3C[C@H]4CC[C@@H]3C4)ccc12. The molecule has 0 radical (unpaired) electrons. The summed E-state index contributed by atoms with van der Waals surface area (Å²) < 4.78 is 10.7. The third-order valence-corrected chi connectivity index (χ3v) is 5.47. The highest BCUT2D eigenvalue weighted by molar-refractivity contribution is 5.82. The number of benzene rings is 1. The molecule has 23 heavy (non-hydrogen) atoms. The van der Waals surface area contributed by atoms with Gasteiger partial charge < -0.3 is 9.15 Å². The first kappa shape index (κ1) is 14.5. The van der Waals surface area contributed by atoms with Crippen LogP contribution in [-0.4, -0.2) is 5.97 Å². The fourth-order valence-electron chi connectivity index (χ4n) is 4.38. The van der Waals surface area contributed by atoms with Crippen LogP contribution in [0.5, 0.6) is 5.75 Å². The van der Waals surface area contributed by atoms with Gasteiger partial charge in [-0.3, -0.25) is 4.79 Å². The number of hydrogen-bond acceptors (Lipinski definition) is 4. The molecule has 0 amide bonds. The van der Waals surface area contributed by atoms with E-state index in [1.807, 2.05) is 13.0 Å². The highest BCUT2D eigenvalue weighted by Crippen LogP contribution is 2.49. The van der Waals surface area contributed by atoms with Crippen molar-refractivity contribution in [2.75, 3.05) is 0 Å². The molecular weight excluding hydrogens is 292 g/mol. The highest BCUT2D eigenvalue weighted by Gasteiger charge is 2.40. The number of esters is 1. The van der Waals surface area contributed by atoms with Crippen molar-refractivity contribution in [3.05, 3.63) is 40.2 Å². The van der Waals surface area contributed by atoms with Crippen LogP contribution in [0.25, 0.3) is 11.0 Å². The van der Waals surface area contributed by atoms with Crippen molar-refractivity contribution in [1.29, 1.82) is 0 Å². The van der Waals surface area contributed by atoms with Crippen molar-refractivity contribution < 1.29 is 13.9 Å². The van der Waals surface area contributed by atoms with Crippen molar-refractivity contribution >= 4 is 16.9 Å². The predicted molar refractivity (Wildman–Crippen MR) is 86.4 cm³/mol. The van der Waals surface area contributed by atoms with E-state index >= 15 is 0 Å². The normalized spacial score (nSPS) is 25.9. The van der Waals surface area contributed by atoms with Crippen molar-refractivity contribution in [3.8, 4) is 5.75 Å². The predicted octanol–water partition coefficient (Wildman–Crippen LogP) is 3.83. The zero-order valence-electron chi connectivity index (χ0n) is 13.2. The zero-order chi connectivity index (χ0) is 16.0. The molecule has 0 N–H and O–H groups in total. The zero-order valence-corrected chi connectivity index (χ0v) is 13.2. The van der Waals surface area contributed by atoms with Gasteiger partial charge >= 0.3 is 11.6 Å². The van der Waals surface area contributed by atoms with Gasteiger partial charge in [0.2, 0.25) is 0 Å². The van der Waals surface area contributed by atoms with E-state index in [0.717, 1.165) is 16.9 Å². The van der Waals surface area contributed by atoms with Crippen LogP contribution in [0.2, 0.25) is 0 Å². The Bertz CT molecular complexity index is 820. The lowest BCUT2D eigenvalue weighted by atomic mass is 9.86. The van der Waals surface area contributed by atoms with Crippen LogP contribution in [0.15, 0.2) is 33.5 Å². The van der Waals surface area contributed by atoms with Crippen molar-refractivity contribution in [1.82, 2.24) is 0 Å². The molecule has 4 heteroatoms. The first-order chi connectivity index (χ1) is 11.1. The van der Waals surface area contributed by atoms with Crippen LogP contribution >= 0.6 is 0 Å². The molecule has 0 saturated heterocycles. The minimum Gasteiger partial charge on any atom is -0.426 e. The Morgan fingerprint density at radius 1 is 1.26 bits per heavy atom. The van der Waals surface area contributed by atoms with Gasteiger partial charge in [-0.25, -0.2) is 4.79 Å². The number of aryl methyl sites for hydroxylation is 1. The molecule has 3 atom stereocenters. The average molecular weight is 312 g/mol. The topological polar surface area (TPSA) is 56.5 Å². The molecule has 4 rings (SSSR count). The van der Waals surface area contributed by atoms with Gasteiger partial charge in [-0.05, 0) is 61.6 Å². The second kappa shape index (κ2) is 5.52. The quantitative estimate of drug-likeness (QED) is 0.491. The van der Waals surface area contributed by atoms with Gasteiger partial charge in [-0.1, -0.05) is 6.42 Å². The Kier molecular flexibility index (Phi) is 3.47. The molecule has 2 aliphatic carbocycles. The monoisotopic (exact) mass is 312 g/mol. The summed E-state index contributed by atoms with van der Waals surface area (Å²) in [7, 11) is 0. The van der Waals surface area contributed by atoms with Gasteiger partial charge in [0, 0.05) is 23.9 Å². The molecule has 2 saturated carbocycles. The highest BCUT2D eigenvalue weighted by atomic mass is 16.5. The lowest BCUT2D eigenvalue weighted by Gasteiger charge is -2.20. The molecule has 2 aromatic rings. The number of ether oxygens (including phenoxy) is 1. The molecule has 0 unspecified atom stereocenters. The fraction of sp³-hybridized carbons (Fsp3) is 0.474. The average Bonchev–Trinajstić information content (AvgIpc) is 3.09. The lowest BCUT2D eigenvalue weighted by Crippen LogP contribution is -2.18. The van der Waals surface area contributed by atoms with E-state index in [0.29, 0.717) is 29.6 Å². The summed E-state index contributed by atoms with van der Waals surface area (Å²) in [4.78, 5) is 23.7. The largest absolute Gasteiger partial charge is 0.426 e. The standard InChI is InChI=1S/C19H20O4/c1-11-6-18(20)23-17-10-15(4-5-16(11)17)22-19(21)9-14-8-12-2-3-13(14)7-12/h4-6,10,12-14H,2-3,7-9H2,1H3/t12-,13+,14+/m0/s1. The number of hydrogen-bond donors (Lipinski definition) is 0. The maximum absolute atomic E-state index is 12.2. The number of rotatable bonds is 3. The molecule has 2 aliphatic rings. The van der Waals surface area contributed by atoms with Gasteiger partial charge in [-0.2, -0.15) is 0 Å². The molecule has 4 nitrogen and oxygen atoms in total. The van der Waals surface area contributed by atoms with E-state index in [9.17, 15) is 9.59 Å². The minimum absolute atomic E-state index is 0.183. The summed E-state index contributed by atoms with van der Waals surface area (Å²) in [5.41, 5.74) is 0.928. The van der Waals surface area contributed by atoms with Crippen LogP contribution in [0.3, 0.4) is 0 Å². The molecule has 120 valence electrons. The van der Waals surface area contributed by atoms with Crippen molar-refractivity contribution in [2.45, 2.75) is 39.0 Å². The second-order valence-electron chi connectivity index (χ2n) is 7.02. The van der Waals surface area contributed by atoms with Crippen LogP contribution in [0, 0.1) is 24.7 Å². The Labute approximate surface area is 134 Å². The smallest absolute Gasteiger partial charge is 0.336 e. The Morgan fingerprint density at radius 3 is 2.87 bits per heavy atom. The molecule has 1 heterocycles. The summed E-state index contributed by atoms with van der Waals surface area (Å²) in [6.07, 6.45) is 5.56. The van der Waals surface area contributed by atoms with Crippen LogP contribution in [0.1, 0.15) is 37.7 Å². The minimum atomic E-state index is -0.388. The number of fused-ring (bicyclic) bond motifs is 3. The van der Waals surface area contributed by atoms with Gasteiger partial charge in [0.15, 0.2) is 0 Å². The van der Waals surface area contributed by atoms with Gasteiger partial charge in [0.05, 0.1) is 0 Å². The molecule has 1 aromatic carbocycles. The first-order valence-electron chi connectivity index (χ1n) is 8.33. The first-order valence-corrected chi connectivity index (χ1v) is 8.33. The summed E-state index contributed by atoms with van der Waals surface area (Å²) in [5.74, 6) is 2.29. The van der Waals surface area contributed by atoms with E-state index in [-0.39, 0.29) is 11.6 Å². The van der Waals surface area contributed by atoms with Gasteiger partial charge in [0.25, 0.3) is 0 Å². The fourth-order valence-corrected chi connectivity index (χ4v) is 4.38. The van der Waals surface area contributed by atoms with Crippen LogP contribution < -0.4 is 10.4 Å². The third kappa shape index (κ3) is 2.78. The van der Waals surface area contributed by atoms with E-state index in [4.69, 9.17) is 9.15 Å². The van der Waals surface area contributed by atoms with Gasteiger partial charge in [0.1, 0.15) is 11.3 Å². The Hall–Kier alpha value is -2.10. The third-order valence-electron chi connectivity index (χ3n) is 5.47.